The summed E-state index contributed by atoms with van der Waals surface area (Å²) in [7, 11) is -4.64. The van der Waals surface area contributed by atoms with Crippen molar-refractivity contribution in [3.63, 3.8) is 0 Å². The van der Waals surface area contributed by atoms with E-state index >= 15 is 0 Å². The fourth-order valence-electron chi connectivity index (χ4n) is 3.35. The quantitative estimate of drug-likeness (QED) is 0.442. The van der Waals surface area contributed by atoms with Crippen LogP contribution in [0.25, 0.3) is 10.8 Å². The van der Waals surface area contributed by atoms with Crippen molar-refractivity contribution in [3.8, 4) is 0 Å². The van der Waals surface area contributed by atoms with Crippen LogP contribution in [0, 0.1) is 0 Å². The molecule has 3 N–H and O–H groups in total. The van der Waals surface area contributed by atoms with E-state index < -0.39 is 7.82 Å². The fraction of sp³-hybridized carbons (Fsp3) is 0.250. The maximum Gasteiger partial charge on any atom is 0.466 e. The second-order valence-corrected chi connectivity index (χ2v) is 8.53. The smallest absolute Gasteiger partial charge is 0.303 e. The second kappa shape index (κ2) is 9.00. The first-order valence-electron chi connectivity index (χ1n) is 8.69. The predicted molar refractivity (Wildman–Crippen MR) is 110 cm³/mol. The van der Waals surface area contributed by atoms with Crippen molar-refractivity contribution in [2.24, 2.45) is 0 Å². The van der Waals surface area contributed by atoms with Gasteiger partial charge in [-0.05, 0) is 70.2 Å². The summed E-state index contributed by atoms with van der Waals surface area (Å²) in [5, 5.41) is 3.01. The molecule has 0 spiro atoms. The number of phosphoric acid groups is 1. The van der Waals surface area contributed by atoms with Gasteiger partial charge in [0.05, 0.1) is 0 Å². The standard InChI is InChI=1S/C20H19NS.H3O4P/c1-2-16-4-5-17-6-7-18(19(3-1)20(16)17)14-22-13-10-15-8-11-21-12-9-15;1-5(2,3)4/h1-3,6-9,11-12H,4-5,10,13-14H2;(H3,1,2,3,4). The molecule has 1 aliphatic rings. The number of hydrogen-bond acceptors (Lipinski definition) is 3. The highest BCUT2D eigenvalue weighted by Gasteiger charge is 2.15. The van der Waals surface area contributed by atoms with Crippen molar-refractivity contribution >= 4 is 30.4 Å². The van der Waals surface area contributed by atoms with E-state index in [1.165, 1.54) is 45.9 Å². The van der Waals surface area contributed by atoms with E-state index in [9.17, 15) is 0 Å². The van der Waals surface area contributed by atoms with Crippen LogP contribution >= 0.6 is 19.6 Å². The zero-order valence-electron chi connectivity index (χ0n) is 14.8. The SMILES string of the molecule is O=P(O)(O)O.c1cc2c3c(ccc(CSCCc4ccncc4)c3c1)CC2. The van der Waals surface area contributed by atoms with Crippen LogP contribution in [-0.4, -0.2) is 25.4 Å². The molecule has 1 aromatic heterocycles. The lowest BCUT2D eigenvalue weighted by atomic mass is 10.0. The number of pyridine rings is 1. The Bertz CT molecular complexity index is 940. The van der Waals surface area contributed by atoms with Crippen molar-refractivity contribution < 1.29 is 19.2 Å². The summed E-state index contributed by atoms with van der Waals surface area (Å²) in [6, 6.07) is 15.7. The van der Waals surface area contributed by atoms with Crippen molar-refractivity contribution in [2.75, 3.05) is 5.75 Å². The van der Waals surface area contributed by atoms with Crippen molar-refractivity contribution in [1.29, 1.82) is 0 Å². The van der Waals surface area contributed by atoms with E-state index in [0.717, 1.165) is 17.9 Å². The van der Waals surface area contributed by atoms with Gasteiger partial charge in [-0.2, -0.15) is 11.8 Å². The third-order valence-electron chi connectivity index (χ3n) is 4.51. The molecule has 1 heterocycles. The molecule has 0 aliphatic heterocycles. The summed E-state index contributed by atoms with van der Waals surface area (Å²) >= 11 is 2.03. The molecule has 0 radical (unpaired) electrons. The number of benzene rings is 2. The molecule has 7 heteroatoms. The molecule has 5 nitrogen and oxygen atoms in total. The number of hydrogen-bond donors (Lipinski definition) is 3. The topological polar surface area (TPSA) is 90.7 Å². The minimum atomic E-state index is -4.64. The van der Waals surface area contributed by atoms with Gasteiger partial charge in [0.25, 0.3) is 0 Å². The molecular weight excluding hydrogens is 381 g/mol. The molecule has 3 aromatic rings. The molecule has 0 bridgehead atoms. The largest absolute Gasteiger partial charge is 0.466 e. The number of thioether (sulfide) groups is 1. The Labute approximate surface area is 162 Å². The first-order valence-corrected chi connectivity index (χ1v) is 11.4. The van der Waals surface area contributed by atoms with Gasteiger partial charge in [0.2, 0.25) is 0 Å². The maximum absolute atomic E-state index is 8.88. The average molecular weight is 403 g/mol. The maximum atomic E-state index is 8.88. The molecule has 0 unspecified atom stereocenters. The average Bonchev–Trinajstić information content (AvgIpc) is 3.05. The van der Waals surface area contributed by atoms with E-state index in [-0.39, 0.29) is 0 Å². The Morgan fingerprint density at radius 1 is 0.963 bits per heavy atom. The van der Waals surface area contributed by atoms with E-state index in [1.54, 1.807) is 0 Å². The highest BCUT2D eigenvalue weighted by molar-refractivity contribution is 7.98. The number of nitrogens with zero attached hydrogens (tertiary/aromatic N) is 1. The lowest BCUT2D eigenvalue weighted by Gasteiger charge is -2.09. The van der Waals surface area contributed by atoms with Crippen LogP contribution in [0.15, 0.2) is 54.9 Å². The van der Waals surface area contributed by atoms with Crippen LogP contribution in [0.3, 0.4) is 0 Å². The van der Waals surface area contributed by atoms with Crippen molar-refractivity contribution in [1.82, 2.24) is 4.98 Å². The van der Waals surface area contributed by atoms with E-state index in [0.29, 0.717) is 0 Å². The minimum absolute atomic E-state index is 1.10. The molecule has 27 heavy (non-hydrogen) atoms. The predicted octanol–water partition coefficient (Wildman–Crippen LogP) is 3.88. The molecule has 142 valence electrons. The molecule has 0 amide bonds. The number of aromatic nitrogens is 1. The van der Waals surface area contributed by atoms with E-state index in [1.807, 2.05) is 24.2 Å². The zero-order valence-corrected chi connectivity index (χ0v) is 16.5. The van der Waals surface area contributed by atoms with Crippen LogP contribution in [0.5, 0.6) is 0 Å². The van der Waals surface area contributed by atoms with Gasteiger partial charge in [-0.1, -0.05) is 30.3 Å². The lowest BCUT2D eigenvalue weighted by molar-refractivity contribution is 0.275. The highest BCUT2D eigenvalue weighted by atomic mass is 32.2. The van der Waals surface area contributed by atoms with Crippen molar-refractivity contribution in [2.45, 2.75) is 25.0 Å². The molecule has 2 aromatic carbocycles. The normalized spacial score (nSPS) is 12.7. The molecule has 0 atom stereocenters. The summed E-state index contributed by atoms with van der Waals surface area (Å²) in [6.07, 6.45) is 7.30. The Morgan fingerprint density at radius 2 is 1.63 bits per heavy atom. The van der Waals surface area contributed by atoms with Gasteiger partial charge in [-0.3, -0.25) is 4.98 Å². The van der Waals surface area contributed by atoms with Gasteiger partial charge in [-0.25, -0.2) is 4.57 Å². The van der Waals surface area contributed by atoms with Gasteiger partial charge in [0.15, 0.2) is 0 Å². The Balaban J connectivity index is 0.000000376. The van der Waals surface area contributed by atoms with E-state index in [4.69, 9.17) is 19.2 Å². The second-order valence-electron chi connectivity index (χ2n) is 6.39. The van der Waals surface area contributed by atoms with Crippen molar-refractivity contribution in [3.05, 3.63) is 77.1 Å². The van der Waals surface area contributed by atoms with Gasteiger partial charge in [-0.15, -0.1) is 0 Å². The molecular formula is C20H22NO4PS. The molecule has 0 saturated carbocycles. The van der Waals surface area contributed by atoms with Crippen LogP contribution in [-0.2, 0) is 29.6 Å². The van der Waals surface area contributed by atoms with Crippen LogP contribution in [0.4, 0.5) is 0 Å². The summed E-state index contributed by atoms with van der Waals surface area (Å²) < 4.78 is 8.88. The highest BCUT2D eigenvalue weighted by Crippen LogP contribution is 2.34. The third kappa shape index (κ3) is 5.89. The minimum Gasteiger partial charge on any atom is -0.303 e. The van der Waals surface area contributed by atoms with Gasteiger partial charge in [0.1, 0.15) is 0 Å². The summed E-state index contributed by atoms with van der Waals surface area (Å²) in [5.74, 6) is 2.26. The molecule has 0 fully saturated rings. The van der Waals surface area contributed by atoms with Gasteiger partial charge in [0, 0.05) is 18.1 Å². The Hall–Kier alpha value is -1.69. The first kappa shape index (κ1) is 20.1. The Kier molecular flexibility index (Phi) is 6.68. The molecule has 4 rings (SSSR count). The first-order chi connectivity index (χ1) is 12.9. The van der Waals surface area contributed by atoms with Crippen LogP contribution in [0.2, 0.25) is 0 Å². The molecule has 0 saturated heterocycles. The summed E-state index contributed by atoms with van der Waals surface area (Å²) in [5.41, 5.74) is 5.94. The Morgan fingerprint density at radius 3 is 2.33 bits per heavy atom. The van der Waals surface area contributed by atoms with Crippen LogP contribution in [0.1, 0.15) is 22.3 Å². The number of aryl methyl sites for hydroxylation is 3. The van der Waals surface area contributed by atoms with Gasteiger partial charge >= 0.3 is 7.82 Å². The lowest BCUT2D eigenvalue weighted by Crippen LogP contribution is -1.91. The number of rotatable bonds is 5. The third-order valence-corrected chi connectivity index (χ3v) is 5.52. The summed E-state index contributed by atoms with van der Waals surface area (Å²) in [6.45, 7) is 0. The summed E-state index contributed by atoms with van der Waals surface area (Å²) in [4.78, 5) is 25.6. The van der Waals surface area contributed by atoms with Crippen LogP contribution < -0.4 is 0 Å². The fourth-order valence-corrected chi connectivity index (χ4v) is 4.35. The van der Waals surface area contributed by atoms with E-state index in [2.05, 4.69) is 47.4 Å². The monoisotopic (exact) mass is 403 g/mol. The zero-order chi connectivity index (χ0) is 19.3. The molecule has 1 aliphatic carbocycles. The van der Waals surface area contributed by atoms with Gasteiger partial charge < -0.3 is 14.7 Å².